The Kier molecular flexibility index (Phi) is 6.22. The van der Waals surface area contributed by atoms with Crippen LogP contribution in [0.15, 0.2) is 42.6 Å². The monoisotopic (exact) mass is 563 g/mol. The van der Waals surface area contributed by atoms with Gasteiger partial charge in [0.2, 0.25) is 0 Å². The Balaban J connectivity index is 1.27. The number of alkyl halides is 2. The van der Waals surface area contributed by atoms with Crippen molar-refractivity contribution in [1.82, 2.24) is 14.9 Å². The summed E-state index contributed by atoms with van der Waals surface area (Å²) in [4.78, 5) is 22.3. The molecule has 1 N–H and O–H groups in total. The number of halogens is 2. The fraction of sp³-hybridized carbons (Fsp3) is 0.484. The number of rotatable bonds is 3. The number of hydrogen-bond acceptors (Lipinski definition) is 5. The fourth-order valence-corrected chi connectivity index (χ4v) is 5.78. The van der Waals surface area contributed by atoms with E-state index in [0.29, 0.717) is 40.2 Å². The molecule has 1 aliphatic carbocycles. The van der Waals surface area contributed by atoms with E-state index in [2.05, 4.69) is 9.97 Å². The van der Waals surface area contributed by atoms with E-state index in [4.69, 9.17) is 14.0 Å². The molecular weight excluding hydrogens is 527 g/mol. The molecule has 0 bridgehead atoms. The summed E-state index contributed by atoms with van der Waals surface area (Å²) < 4.78 is 49.7. The molecule has 2 saturated heterocycles. The van der Waals surface area contributed by atoms with Crippen LogP contribution in [-0.4, -0.2) is 51.4 Å². The maximum absolute atomic E-state index is 16.0. The zero-order valence-electron chi connectivity index (χ0n) is 24.6. The summed E-state index contributed by atoms with van der Waals surface area (Å²) in [5, 5.41) is 0. The van der Waals surface area contributed by atoms with Gasteiger partial charge in [-0.2, -0.15) is 8.78 Å². The second-order valence-electron chi connectivity index (χ2n) is 13.2. The third kappa shape index (κ3) is 4.65. The SMILES string of the molecule is CC(C)(C)OC(=O)N1CCCC1c1ncc(-c2ccc3c(c2)C(F)(F)c2cc(B4OC(C)(C)C(C)(C)O4)ccc2-3)[nH]1. The molecule has 0 spiro atoms. The van der Waals surface area contributed by atoms with E-state index in [-0.39, 0.29) is 23.3 Å². The first-order chi connectivity index (χ1) is 19.1. The van der Waals surface area contributed by atoms with Crippen molar-refractivity contribution in [3.05, 3.63) is 59.5 Å². The summed E-state index contributed by atoms with van der Waals surface area (Å²) in [6.45, 7) is 13.8. The Morgan fingerprint density at radius 1 is 1.05 bits per heavy atom. The quantitative estimate of drug-likeness (QED) is 0.365. The van der Waals surface area contributed by atoms with Crippen molar-refractivity contribution < 1.29 is 27.6 Å². The largest absolute Gasteiger partial charge is 0.494 e. The van der Waals surface area contributed by atoms with Crippen LogP contribution in [0.2, 0.25) is 0 Å². The minimum Gasteiger partial charge on any atom is -0.444 e. The minimum absolute atomic E-state index is 0.0523. The van der Waals surface area contributed by atoms with Crippen molar-refractivity contribution in [3.8, 4) is 22.4 Å². The Morgan fingerprint density at radius 3 is 2.34 bits per heavy atom. The van der Waals surface area contributed by atoms with Crippen LogP contribution in [-0.2, 0) is 20.0 Å². The Hall–Kier alpha value is -3.24. The molecule has 3 heterocycles. The number of imidazole rings is 1. The number of fused-ring (bicyclic) bond motifs is 3. The lowest BCUT2D eigenvalue weighted by molar-refractivity contribution is 0.00578. The molecule has 6 rings (SSSR count). The first-order valence-electron chi connectivity index (χ1n) is 14.2. The van der Waals surface area contributed by atoms with Gasteiger partial charge in [-0.1, -0.05) is 30.3 Å². The molecule has 0 radical (unpaired) electrons. The Morgan fingerprint density at radius 2 is 1.68 bits per heavy atom. The fourth-order valence-electron chi connectivity index (χ4n) is 5.78. The number of ether oxygens (including phenoxy) is 1. The van der Waals surface area contributed by atoms with Crippen LogP contribution >= 0.6 is 0 Å². The first-order valence-corrected chi connectivity index (χ1v) is 14.2. The summed E-state index contributed by atoms with van der Waals surface area (Å²) in [5.41, 5.74) is 0.944. The third-order valence-electron chi connectivity index (χ3n) is 8.66. The van der Waals surface area contributed by atoms with Gasteiger partial charge in [0.15, 0.2) is 0 Å². The van der Waals surface area contributed by atoms with Crippen LogP contribution in [0.4, 0.5) is 13.6 Å². The van der Waals surface area contributed by atoms with Gasteiger partial charge in [0.25, 0.3) is 5.92 Å². The van der Waals surface area contributed by atoms with Gasteiger partial charge in [-0.15, -0.1) is 0 Å². The second-order valence-corrected chi connectivity index (χ2v) is 13.2. The highest BCUT2D eigenvalue weighted by Crippen LogP contribution is 2.51. The maximum atomic E-state index is 16.0. The molecule has 2 aliphatic heterocycles. The highest BCUT2D eigenvalue weighted by molar-refractivity contribution is 6.62. The van der Waals surface area contributed by atoms with Crippen molar-refractivity contribution in [2.45, 2.75) is 90.1 Å². The van der Waals surface area contributed by atoms with Crippen LogP contribution in [0.5, 0.6) is 0 Å². The Labute approximate surface area is 239 Å². The summed E-state index contributed by atoms with van der Waals surface area (Å²) in [6.07, 6.45) is 2.83. The molecule has 3 aliphatic rings. The Bertz CT molecular complexity index is 1510. The van der Waals surface area contributed by atoms with Crippen molar-refractivity contribution >= 4 is 18.7 Å². The van der Waals surface area contributed by atoms with Crippen molar-refractivity contribution in [2.24, 2.45) is 0 Å². The lowest BCUT2D eigenvalue weighted by Gasteiger charge is -2.32. The average molecular weight is 563 g/mol. The lowest BCUT2D eigenvalue weighted by Crippen LogP contribution is -2.41. The maximum Gasteiger partial charge on any atom is 0.494 e. The van der Waals surface area contributed by atoms with Gasteiger partial charge in [0.05, 0.1) is 29.1 Å². The molecule has 0 saturated carbocycles. The molecule has 2 aromatic carbocycles. The second kappa shape index (κ2) is 9.13. The number of likely N-dealkylation sites (tertiary alicyclic amines) is 1. The molecular formula is C31H36BF2N3O4. The van der Waals surface area contributed by atoms with E-state index in [0.717, 1.165) is 12.8 Å². The summed E-state index contributed by atoms with van der Waals surface area (Å²) in [5.74, 6) is -2.58. The van der Waals surface area contributed by atoms with Crippen molar-refractivity contribution in [3.63, 3.8) is 0 Å². The molecule has 7 nitrogen and oxygen atoms in total. The smallest absolute Gasteiger partial charge is 0.444 e. The molecule has 1 atom stereocenters. The van der Waals surface area contributed by atoms with Crippen LogP contribution in [0, 0.1) is 0 Å². The standard InChI is InChI=1S/C31H36BF2N3O4/c1-28(2,3)39-27(38)37-14-8-9-25(37)26-35-17-24(36-26)18-10-12-20-21-13-11-19(16-23(21)31(33,34)22(20)15-18)32-40-29(4,5)30(6,7)41-32/h10-13,15-17,25H,8-9,14H2,1-7H3,(H,35,36). The average Bonchev–Trinajstić information content (AvgIpc) is 3.63. The molecule has 2 fully saturated rings. The molecule has 1 unspecified atom stereocenters. The number of carbonyl (C=O) groups excluding carboxylic acids is 1. The molecule has 1 amide bonds. The van der Waals surface area contributed by atoms with E-state index in [9.17, 15) is 4.79 Å². The van der Waals surface area contributed by atoms with Gasteiger partial charge in [-0.05, 0) is 84.0 Å². The zero-order chi connectivity index (χ0) is 29.5. The van der Waals surface area contributed by atoms with Crippen LogP contribution in [0.25, 0.3) is 22.4 Å². The number of aromatic amines is 1. The highest BCUT2D eigenvalue weighted by atomic mass is 19.3. The summed E-state index contributed by atoms with van der Waals surface area (Å²) >= 11 is 0. The number of nitrogens with zero attached hydrogens (tertiary/aromatic N) is 2. The van der Waals surface area contributed by atoms with E-state index < -0.39 is 29.8 Å². The van der Waals surface area contributed by atoms with E-state index in [1.165, 1.54) is 12.1 Å². The number of benzene rings is 2. The van der Waals surface area contributed by atoms with Gasteiger partial charge in [0, 0.05) is 23.2 Å². The molecule has 216 valence electrons. The van der Waals surface area contributed by atoms with Crippen molar-refractivity contribution in [1.29, 1.82) is 0 Å². The van der Waals surface area contributed by atoms with E-state index in [1.807, 2.05) is 54.5 Å². The number of aromatic nitrogens is 2. The third-order valence-corrected chi connectivity index (χ3v) is 8.66. The van der Waals surface area contributed by atoms with Gasteiger partial charge >= 0.3 is 13.2 Å². The van der Waals surface area contributed by atoms with Gasteiger partial charge in [0.1, 0.15) is 11.4 Å². The van der Waals surface area contributed by atoms with Crippen LogP contribution in [0.3, 0.4) is 0 Å². The predicted molar refractivity (Wildman–Crippen MR) is 153 cm³/mol. The topological polar surface area (TPSA) is 76.7 Å². The molecule has 10 heteroatoms. The first kappa shape index (κ1) is 27.9. The lowest BCUT2D eigenvalue weighted by atomic mass is 9.77. The molecule has 3 aromatic rings. The normalized spacial score (nSPS) is 22.1. The van der Waals surface area contributed by atoms with Crippen LogP contribution in [0.1, 0.15) is 84.3 Å². The van der Waals surface area contributed by atoms with Gasteiger partial charge in [-0.3, -0.25) is 4.90 Å². The number of nitrogens with one attached hydrogen (secondary N) is 1. The zero-order valence-corrected chi connectivity index (χ0v) is 24.6. The van der Waals surface area contributed by atoms with Gasteiger partial charge < -0.3 is 19.0 Å². The van der Waals surface area contributed by atoms with Crippen molar-refractivity contribution in [2.75, 3.05) is 6.54 Å². The number of amides is 1. The minimum atomic E-state index is -3.19. The highest BCUT2D eigenvalue weighted by Gasteiger charge is 2.53. The molecule has 1 aromatic heterocycles. The molecule has 41 heavy (non-hydrogen) atoms. The summed E-state index contributed by atoms with van der Waals surface area (Å²) in [6, 6.07) is 9.88. The summed E-state index contributed by atoms with van der Waals surface area (Å²) in [7, 11) is -0.723. The number of H-pyrrole nitrogens is 1. The van der Waals surface area contributed by atoms with E-state index >= 15 is 8.78 Å². The number of carbonyl (C=O) groups is 1. The van der Waals surface area contributed by atoms with Gasteiger partial charge in [-0.25, -0.2) is 9.78 Å². The predicted octanol–water partition coefficient (Wildman–Crippen LogP) is 6.57. The number of hydrogen-bond donors (Lipinski definition) is 1. The van der Waals surface area contributed by atoms with E-state index in [1.54, 1.807) is 29.3 Å². The van der Waals surface area contributed by atoms with Crippen LogP contribution < -0.4 is 5.46 Å².